The van der Waals surface area contributed by atoms with Crippen LogP contribution in [0.2, 0.25) is 0 Å². The number of ketones is 1. The molecule has 1 amide bonds. The molecule has 1 aliphatic heterocycles. The number of rotatable bonds is 6. The Labute approximate surface area is 202 Å². The van der Waals surface area contributed by atoms with Crippen molar-refractivity contribution in [2.45, 2.75) is 13.0 Å². The average molecular weight is 496 g/mol. The Morgan fingerprint density at radius 3 is 2.54 bits per heavy atom. The Morgan fingerprint density at radius 2 is 1.89 bits per heavy atom. The Bertz CT molecular complexity index is 1380. The average Bonchev–Trinajstić information content (AvgIpc) is 3.34. The van der Waals surface area contributed by atoms with Crippen molar-refractivity contribution in [3.05, 3.63) is 100 Å². The molecule has 2 aromatic carbocycles. The van der Waals surface area contributed by atoms with E-state index in [1.165, 1.54) is 43.3 Å². The van der Waals surface area contributed by atoms with Gasteiger partial charge in [-0.15, -0.1) is 0 Å². The van der Waals surface area contributed by atoms with Crippen LogP contribution in [0.4, 0.5) is 13.9 Å². The van der Waals surface area contributed by atoms with E-state index >= 15 is 0 Å². The fraction of sp³-hybridized carbons (Fsp3) is 0.120. The minimum atomic E-state index is -1.39. The van der Waals surface area contributed by atoms with Gasteiger partial charge in [0.2, 0.25) is 0 Å². The molecule has 1 fully saturated rings. The quantitative estimate of drug-likeness (QED) is 0.175. The number of aliphatic hydroxyl groups is 1. The van der Waals surface area contributed by atoms with Gasteiger partial charge in [-0.3, -0.25) is 14.5 Å². The summed E-state index contributed by atoms with van der Waals surface area (Å²) < 4.78 is 33.4. The normalized spacial score (nSPS) is 17.0. The van der Waals surface area contributed by atoms with Crippen LogP contribution in [-0.4, -0.2) is 34.4 Å². The third-order valence-electron chi connectivity index (χ3n) is 5.27. The first-order valence-corrected chi connectivity index (χ1v) is 11.1. The molecule has 4 rings (SSSR count). The highest BCUT2D eigenvalue weighted by atomic mass is 32.1. The van der Waals surface area contributed by atoms with Crippen LogP contribution in [0.15, 0.2) is 66.8 Å². The number of halogens is 2. The maximum atomic E-state index is 14.9. The van der Waals surface area contributed by atoms with E-state index in [4.69, 9.17) is 4.74 Å². The number of anilines is 1. The molecular formula is C25H18F2N2O5S. The van der Waals surface area contributed by atoms with Gasteiger partial charge in [0, 0.05) is 11.1 Å². The summed E-state index contributed by atoms with van der Waals surface area (Å²) >= 11 is 0.794. The molecule has 0 aliphatic carbocycles. The second-order valence-electron chi connectivity index (χ2n) is 7.50. The standard InChI is InChI=1S/C25H18F2N2O5S/c1-3-12-34-24(33)22-13(2)28-25(35-22)29-19(16-6-4-5-7-17(16)27)18(21(31)23(29)32)20(30)14-8-10-15(26)11-9-14/h3-11,19,30H,1,12H2,2H3. The van der Waals surface area contributed by atoms with Crippen LogP contribution in [0.5, 0.6) is 0 Å². The SMILES string of the molecule is C=CCOC(=O)c1sc(N2C(=O)C(=O)C(=C(O)c3ccc(F)cc3)C2c2ccccc2F)nc1C. The smallest absolute Gasteiger partial charge is 0.350 e. The molecule has 1 unspecified atom stereocenters. The molecule has 10 heteroatoms. The lowest BCUT2D eigenvalue weighted by Gasteiger charge is -2.23. The summed E-state index contributed by atoms with van der Waals surface area (Å²) in [5, 5.41) is 10.9. The first-order valence-electron chi connectivity index (χ1n) is 10.3. The van der Waals surface area contributed by atoms with Gasteiger partial charge in [0.1, 0.15) is 34.9 Å². The van der Waals surface area contributed by atoms with Crippen molar-refractivity contribution in [2.24, 2.45) is 0 Å². The number of benzene rings is 2. The first-order chi connectivity index (χ1) is 16.7. The largest absolute Gasteiger partial charge is 0.507 e. The summed E-state index contributed by atoms with van der Waals surface area (Å²) in [6.07, 6.45) is 1.39. The summed E-state index contributed by atoms with van der Waals surface area (Å²) in [6.45, 7) is 4.96. The molecule has 178 valence electrons. The van der Waals surface area contributed by atoms with E-state index in [1.54, 1.807) is 0 Å². The number of hydrogen-bond donors (Lipinski definition) is 1. The number of carbonyl (C=O) groups excluding carboxylic acids is 3. The number of esters is 1. The zero-order valence-corrected chi connectivity index (χ0v) is 19.1. The van der Waals surface area contributed by atoms with E-state index in [0.717, 1.165) is 34.4 Å². The van der Waals surface area contributed by atoms with Gasteiger partial charge in [-0.2, -0.15) is 0 Å². The molecule has 1 atom stereocenters. The summed E-state index contributed by atoms with van der Waals surface area (Å²) in [5.41, 5.74) is -0.157. The zero-order valence-electron chi connectivity index (χ0n) is 18.3. The van der Waals surface area contributed by atoms with E-state index in [0.29, 0.717) is 0 Å². The van der Waals surface area contributed by atoms with Gasteiger partial charge in [-0.1, -0.05) is 42.2 Å². The molecular weight excluding hydrogens is 478 g/mol. The van der Waals surface area contributed by atoms with Gasteiger partial charge in [0.15, 0.2) is 5.13 Å². The highest BCUT2D eigenvalue weighted by molar-refractivity contribution is 7.17. The maximum Gasteiger partial charge on any atom is 0.350 e. The molecule has 1 aromatic heterocycles. The van der Waals surface area contributed by atoms with E-state index < -0.39 is 46.7 Å². The van der Waals surface area contributed by atoms with Crippen LogP contribution >= 0.6 is 11.3 Å². The topological polar surface area (TPSA) is 96.8 Å². The molecule has 1 saturated heterocycles. The number of hydrogen-bond acceptors (Lipinski definition) is 7. The third-order valence-corrected chi connectivity index (χ3v) is 6.41. The molecule has 0 bridgehead atoms. The lowest BCUT2D eigenvalue weighted by molar-refractivity contribution is -0.132. The molecule has 0 spiro atoms. The van der Waals surface area contributed by atoms with Crippen LogP contribution in [-0.2, 0) is 14.3 Å². The van der Waals surface area contributed by atoms with Gasteiger partial charge in [0.25, 0.3) is 5.78 Å². The van der Waals surface area contributed by atoms with Crippen LogP contribution in [0.3, 0.4) is 0 Å². The van der Waals surface area contributed by atoms with Gasteiger partial charge >= 0.3 is 11.9 Å². The van der Waals surface area contributed by atoms with Crippen molar-refractivity contribution in [3.63, 3.8) is 0 Å². The molecule has 7 nitrogen and oxygen atoms in total. The monoisotopic (exact) mass is 496 g/mol. The number of amides is 1. The van der Waals surface area contributed by atoms with Crippen molar-refractivity contribution < 1.29 is 33.0 Å². The number of aryl methyl sites for hydroxylation is 1. The number of aliphatic hydroxyl groups excluding tert-OH is 1. The number of ether oxygens (including phenoxy) is 1. The van der Waals surface area contributed by atoms with E-state index in [-0.39, 0.29) is 33.4 Å². The fourth-order valence-electron chi connectivity index (χ4n) is 3.66. The van der Waals surface area contributed by atoms with Gasteiger partial charge in [-0.25, -0.2) is 18.6 Å². The van der Waals surface area contributed by atoms with Gasteiger partial charge in [0.05, 0.1) is 11.3 Å². The number of Topliss-reactive ketones (excluding diaryl/α,β-unsaturated/α-hetero) is 1. The Hall–Kier alpha value is -4.18. The summed E-state index contributed by atoms with van der Waals surface area (Å²) in [5.74, 6) is -4.74. The van der Waals surface area contributed by atoms with Crippen LogP contribution in [0.1, 0.15) is 32.5 Å². The first kappa shape index (κ1) is 24.0. The lowest BCUT2D eigenvalue weighted by Crippen LogP contribution is -2.29. The summed E-state index contributed by atoms with van der Waals surface area (Å²) in [6, 6.07) is 8.71. The summed E-state index contributed by atoms with van der Waals surface area (Å²) in [4.78, 5) is 43.9. The van der Waals surface area contributed by atoms with Crippen LogP contribution < -0.4 is 4.90 Å². The molecule has 1 N–H and O–H groups in total. The minimum absolute atomic E-state index is 0.0388. The third kappa shape index (κ3) is 4.35. The molecule has 0 saturated carbocycles. The van der Waals surface area contributed by atoms with Crippen molar-refractivity contribution >= 4 is 39.9 Å². The Kier molecular flexibility index (Phi) is 6.57. The molecule has 3 aromatic rings. The second-order valence-corrected chi connectivity index (χ2v) is 8.47. The van der Waals surface area contributed by atoms with Crippen molar-refractivity contribution in [1.82, 2.24) is 4.98 Å². The number of nitrogens with zero attached hydrogens (tertiary/aromatic N) is 2. The van der Waals surface area contributed by atoms with Crippen LogP contribution in [0, 0.1) is 18.6 Å². The van der Waals surface area contributed by atoms with E-state index in [9.17, 15) is 28.3 Å². The maximum absolute atomic E-state index is 14.9. The minimum Gasteiger partial charge on any atom is -0.507 e. The predicted molar refractivity (Wildman–Crippen MR) is 125 cm³/mol. The zero-order chi connectivity index (χ0) is 25.3. The number of thiazole rings is 1. The molecule has 1 aliphatic rings. The van der Waals surface area contributed by atoms with E-state index in [1.807, 2.05) is 0 Å². The van der Waals surface area contributed by atoms with Crippen molar-refractivity contribution in [3.8, 4) is 0 Å². The highest BCUT2D eigenvalue weighted by Gasteiger charge is 2.49. The second kappa shape index (κ2) is 9.59. The lowest BCUT2D eigenvalue weighted by atomic mass is 9.95. The van der Waals surface area contributed by atoms with Gasteiger partial charge < -0.3 is 9.84 Å². The Morgan fingerprint density at radius 1 is 1.20 bits per heavy atom. The van der Waals surface area contributed by atoms with E-state index in [2.05, 4.69) is 11.6 Å². The fourth-order valence-corrected chi connectivity index (χ4v) is 4.65. The summed E-state index contributed by atoms with van der Waals surface area (Å²) in [7, 11) is 0. The number of carbonyl (C=O) groups is 3. The number of aromatic nitrogens is 1. The highest BCUT2D eigenvalue weighted by Crippen LogP contribution is 2.44. The van der Waals surface area contributed by atoms with Crippen LogP contribution in [0.25, 0.3) is 5.76 Å². The molecule has 0 radical (unpaired) electrons. The van der Waals surface area contributed by atoms with Gasteiger partial charge in [-0.05, 0) is 37.3 Å². The van der Waals surface area contributed by atoms with Crippen molar-refractivity contribution in [2.75, 3.05) is 11.5 Å². The molecule has 35 heavy (non-hydrogen) atoms. The van der Waals surface area contributed by atoms with Crippen molar-refractivity contribution in [1.29, 1.82) is 0 Å². The predicted octanol–water partition coefficient (Wildman–Crippen LogP) is 4.70. The Balaban J connectivity index is 1.90. The molecule has 2 heterocycles.